The van der Waals surface area contributed by atoms with Gasteiger partial charge >= 0.3 is 6.18 Å². The minimum Gasteiger partial charge on any atom is -0.497 e. The molecule has 0 saturated heterocycles. The van der Waals surface area contributed by atoms with Crippen LogP contribution in [0, 0.1) is 0 Å². The normalized spacial score (nSPS) is 11.6. The van der Waals surface area contributed by atoms with Gasteiger partial charge in [0, 0.05) is 20.1 Å². The number of alkyl halides is 3. The zero-order valence-electron chi connectivity index (χ0n) is 16.3. The van der Waals surface area contributed by atoms with E-state index in [-0.39, 0.29) is 30.6 Å². The SMILES string of the molecule is CN=C(NCc1ccc(COCC(F)(F)F)cc1)NCc1cccc(OC)c1.I. The largest absolute Gasteiger partial charge is 0.497 e. The van der Waals surface area contributed by atoms with E-state index in [2.05, 4.69) is 20.4 Å². The van der Waals surface area contributed by atoms with Crippen molar-refractivity contribution in [3.05, 3.63) is 65.2 Å². The molecule has 0 radical (unpaired) electrons. The van der Waals surface area contributed by atoms with Crippen LogP contribution in [-0.4, -0.2) is 32.9 Å². The molecule has 2 N–H and O–H groups in total. The predicted octanol–water partition coefficient (Wildman–Crippen LogP) is 4.26. The summed E-state index contributed by atoms with van der Waals surface area (Å²) < 4.78 is 46.1. The van der Waals surface area contributed by atoms with Gasteiger partial charge in [-0.25, -0.2) is 0 Å². The number of halogens is 4. The summed E-state index contributed by atoms with van der Waals surface area (Å²) in [6, 6.07) is 14.9. The van der Waals surface area contributed by atoms with E-state index in [4.69, 9.17) is 4.74 Å². The maximum absolute atomic E-state index is 12.1. The third-order valence-corrected chi connectivity index (χ3v) is 3.84. The van der Waals surface area contributed by atoms with Gasteiger partial charge in [0.2, 0.25) is 0 Å². The highest BCUT2D eigenvalue weighted by molar-refractivity contribution is 14.0. The van der Waals surface area contributed by atoms with E-state index in [0.29, 0.717) is 24.6 Å². The first-order chi connectivity index (χ1) is 13.4. The van der Waals surface area contributed by atoms with Crippen molar-refractivity contribution in [1.82, 2.24) is 10.6 Å². The monoisotopic (exact) mass is 523 g/mol. The molecule has 0 unspecified atom stereocenters. The molecule has 0 fully saturated rings. The summed E-state index contributed by atoms with van der Waals surface area (Å²) >= 11 is 0. The summed E-state index contributed by atoms with van der Waals surface area (Å²) in [5.41, 5.74) is 2.72. The smallest absolute Gasteiger partial charge is 0.411 e. The molecule has 0 bridgehead atoms. The molecule has 5 nitrogen and oxygen atoms in total. The third kappa shape index (κ3) is 9.84. The minimum atomic E-state index is -4.31. The first-order valence-corrected chi connectivity index (χ1v) is 8.69. The predicted molar refractivity (Wildman–Crippen MR) is 118 cm³/mol. The van der Waals surface area contributed by atoms with Crippen molar-refractivity contribution in [2.24, 2.45) is 4.99 Å². The number of nitrogens with zero attached hydrogens (tertiary/aromatic N) is 1. The molecule has 0 heterocycles. The van der Waals surface area contributed by atoms with E-state index < -0.39 is 12.8 Å². The van der Waals surface area contributed by atoms with E-state index in [1.54, 1.807) is 26.3 Å². The van der Waals surface area contributed by atoms with Crippen molar-refractivity contribution in [2.75, 3.05) is 20.8 Å². The first kappa shape index (κ1) is 25.0. The summed E-state index contributed by atoms with van der Waals surface area (Å²) in [5, 5.41) is 6.41. The average molecular weight is 523 g/mol. The molecular weight excluding hydrogens is 498 g/mol. The highest BCUT2D eigenvalue weighted by Crippen LogP contribution is 2.16. The standard InChI is InChI=1S/C20H24F3N3O2.HI/c1-24-19(26-12-17-4-3-5-18(10-17)27-2)25-11-15-6-8-16(9-7-15)13-28-14-20(21,22)23;/h3-10H,11-14H2,1-2H3,(H2,24,25,26);1H. The van der Waals surface area contributed by atoms with Crippen molar-refractivity contribution in [3.8, 4) is 5.75 Å². The Bertz CT molecular complexity index is 768. The molecule has 0 aliphatic heterocycles. The summed E-state index contributed by atoms with van der Waals surface area (Å²) in [6.45, 7) is -0.198. The van der Waals surface area contributed by atoms with Gasteiger partial charge in [0.15, 0.2) is 5.96 Å². The average Bonchev–Trinajstić information content (AvgIpc) is 2.68. The van der Waals surface area contributed by atoms with Crippen molar-refractivity contribution in [1.29, 1.82) is 0 Å². The lowest BCUT2D eigenvalue weighted by Crippen LogP contribution is -2.36. The van der Waals surface area contributed by atoms with Gasteiger partial charge in [-0.3, -0.25) is 4.99 Å². The topological polar surface area (TPSA) is 54.9 Å². The van der Waals surface area contributed by atoms with Gasteiger partial charge < -0.3 is 20.1 Å². The van der Waals surface area contributed by atoms with Crippen LogP contribution in [0.2, 0.25) is 0 Å². The minimum absolute atomic E-state index is 0. The Morgan fingerprint density at radius 3 is 2.17 bits per heavy atom. The Balaban J connectivity index is 0.00000420. The van der Waals surface area contributed by atoms with E-state index >= 15 is 0 Å². The van der Waals surface area contributed by atoms with Crippen molar-refractivity contribution < 1.29 is 22.6 Å². The van der Waals surface area contributed by atoms with Gasteiger partial charge in [-0.05, 0) is 28.8 Å². The Morgan fingerprint density at radius 1 is 0.966 bits per heavy atom. The number of rotatable bonds is 8. The fourth-order valence-corrected chi connectivity index (χ4v) is 2.41. The van der Waals surface area contributed by atoms with E-state index in [9.17, 15) is 13.2 Å². The highest BCUT2D eigenvalue weighted by atomic mass is 127. The van der Waals surface area contributed by atoms with Crippen LogP contribution in [0.1, 0.15) is 16.7 Å². The van der Waals surface area contributed by atoms with Crippen molar-refractivity contribution in [3.63, 3.8) is 0 Å². The molecule has 0 atom stereocenters. The van der Waals surface area contributed by atoms with Gasteiger partial charge in [-0.1, -0.05) is 36.4 Å². The summed E-state index contributed by atoms with van der Waals surface area (Å²) in [5.74, 6) is 1.43. The molecule has 0 spiro atoms. The summed E-state index contributed by atoms with van der Waals surface area (Å²) in [6.07, 6.45) is -4.31. The molecule has 0 saturated carbocycles. The molecule has 2 aromatic rings. The molecule has 0 aliphatic rings. The fraction of sp³-hybridized carbons (Fsp3) is 0.350. The Morgan fingerprint density at radius 2 is 1.59 bits per heavy atom. The number of nitrogens with one attached hydrogen (secondary N) is 2. The Hall–Kier alpha value is -2.01. The highest BCUT2D eigenvalue weighted by Gasteiger charge is 2.27. The quantitative estimate of drug-likeness (QED) is 0.309. The molecular formula is C20H25F3IN3O2. The first-order valence-electron chi connectivity index (χ1n) is 8.69. The lowest BCUT2D eigenvalue weighted by molar-refractivity contribution is -0.176. The van der Waals surface area contributed by atoms with Crippen LogP contribution >= 0.6 is 24.0 Å². The number of hydrogen-bond donors (Lipinski definition) is 2. The Labute approximate surface area is 185 Å². The van der Waals surface area contributed by atoms with E-state index in [1.807, 2.05) is 36.4 Å². The third-order valence-electron chi connectivity index (χ3n) is 3.84. The second-order valence-corrected chi connectivity index (χ2v) is 6.06. The number of benzene rings is 2. The van der Waals surface area contributed by atoms with Crippen molar-refractivity contribution >= 4 is 29.9 Å². The second-order valence-electron chi connectivity index (χ2n) is 6.06. The van der Waals surface area contributed by atoms with Crippen LogP contribution in [0.5, 0.6) is 5.75 Å². The molecule has 0 aromatic heterocycles. The van der Waals surface area contributed by atoms with Crippen LogP contribution in [0.3, 0.4) is 0 Å². The van der Waals surface area contributed by atoms with Crippen LogP contribution in [0.15, 0.2) is 53.5 Å². The maximum Gasteiger partial charge on any atom is 0.411 e. The fourth-order valence-electron chi connectivity index (χ4n) is 2.41. The van der Waals surface area contributed by atoms with Gasteiger partial charge in [-0.2, -0.15) is 13.2 Å². The maximum atomic E-state index is 12.1. The van der Waals surface area contributed by atoms with Crippen LogP contribution in [-0.2, 0) is 24.4 Å². The lowest BCUT2D eigenvalue weighted by atomic mass is 10.1. The molecule has 2 rings (SSSR count). The molecule has 2 aromatic carbocycles. The molecule has 160 valence electrons. The number of guanidine groups is 1. The number of hydrogen-bond acceptors (Lipinski definition) is 3. The Kier molecular flexibility index (Phi) is 10.8. The van der Waals surface area contributed by atoms with Crippen molar-refractivity contribution in [2.45, 2.75) is 25.9 Å². The number of ether oxygens (including phenoxy) is 2. The molecule has 29 heavy (non-hydrogen) atoms. The lowest BCUT2D eigenvalue weighted by Gasteiger charge is -2.13. The number of methoxy groups -OCH3 is 1. The number of aliphatic imine (C=N–C) groups is 1. The summed E-state index contributed by atoms with van der Waals surface area (Å²) in [7, 11) is 3.31. The van der Waals surface area contributed by atoms with Gasteiger partial charge in [-0.15, -0.1) is 24.0 Å². The van der Waals surface area contributed by atoms with Crippen LogP contribution < -0.4 is 15.4 Å². The molecule has 0 aliphatic carbocycles. The van der Waals surface area contributed by atoms with Gasteiger partial charge in [0.1, 0.15) is 12.4 Å². The van der Waals surface area contributed by atoms with E-state index in [0.717, 1.165) is 16.9 Å². The zero-order chi connectivity index (χ0) is 20.4. The second kappa shape index (κ2) is 12.5. The molecule has 9 heteroatoms. The molecule has 0 amide bonds. The van der Waals surface area contributed by atoms with E-state index in [1.165, 1.54) is 0 Å². The van der Waals surface area contributed by atoms with Gasteiger partial charge in [0.05, 0.1) is 13.7 Å². The summed E-state index contributed by atoms with van der Waals surface area (Å²) in [4.78, 5) is 4.18. The van der Waals surface area contributed by atoms with Crippen LogP contribution in [0.4, 0.5) is 13.2 Å². The van der Waals surface area contributed by atoms with Crippen LogP contribution in [0.25, 0.3) is 0 Å². The van der Waals surface area contributed by atoms with Gasteiger partial charge in [0.25, 0.3) is 0 Å². The zero-order valence-corrected chi connectivity index (χ0v) is 18.6.